The largest absolute Gasteiger partial charge is 0.341 e. The van der Waals surface area contributed by atoms with Gasteiger partial charge in [0.2, 0.25) is 5.91 Å². The molecule has 0 saturated carbocycles. The van der Waals surface area contributed by atoms with Gasteiger partial charge in [0.1, 0.15) is 0 Å². The van der Waals surface area contributed by atoms with Crippen molar-refractivity contribution in [1.29, 1.82) is 0 Å². The molecule has 0 atom stereocenters. The van der Waals surface area contributed by atoms with E-state index in [1.165, 1.54) is 0 Å². The fourth-order valence-electron chi connectivity index (χ4n) is 0.722. The average Bonchev–Trinajstić information content (AvgIpc) is 2.00. The van der Waals surface area contributed by atoms with E-state index in [0.717, 1.165) is 0 Å². The topological polar surface area (TPSA) is 32.3 Å². The van der Waals surface area contributed by atoms with Gasteiger partial charge in [0.15, 0.2) is 0 Å². The van der Waals surface area contributed by atoms with E-state index in [-0.39, 0.29) is 5.91 Å². The highest BCUT2D eigenvalue weighted by molar-refractivity contribution is 5.78. The standard InChI is InChI=1S/C9H18N2O/c1-5-6-11(4)9(12)7-10-8(2)3/h5,8,10H,1,6-7H2,2-4H3. The van der Waals surface area contributed by atoms with Crippen molar-refractivity contribution in [2.45, 2.75) is 19.9 Å². The molecule has 0 rings (SSSR count). The predicted octanol–water partition coefficient (Wildman–Crippen LogP) is 0.629. The lowest BCUT2D eigenvalue weighted by atomic mass is 10.4. The van der Waals surface area contributed by atoms with Crippen LogP contribution in [-0.4, -0.2) is 37.0 Å². The molecule has 70 valence electrons. The SMILES string of the molecule is C=CCN(C)C(=O)CNC(C)C. The molecule has 1 N–H and O–H groups in total. The fourth-order valence-corrected chi connectivity index (χ4v) is 0.722. The highest BCUT2D eigenvalue weighted by Gasteiger charge is 2.06. The number of hydrogen-bond acceptors (Lipinski definition) is 2. The molecule has 0 aliphatic carbocycles. The molecule has 3 heteroatoms. The van der Waals surface area contributed by atoms with Gasteiger partial charge in [-0.3, -0.25) is 4.79 Å². The smallest absolute Gasteiger partial charge is 0.236 e. The second kappa shape index (κ2) is 5.77. The fraction of sp³-hybridized carbons (Fsp3) is 0.667. The van der Waals surface area contributed by atoms with Crippen LogP contribution in [0.15, 0.2) is 12.7 Å². The Kier molecular flexibility index (Phi) is 5.37. The van der Waals surface area contributed by atoms with Gasteiger partial charge in [0, 0.05) is 19.6 Å². The van der Waals surface area contributed by atoms with Crippen LogP contribution in [-0.2, 0) is 4.79 Å². The zero-order valence-corrected chi connectivity index (χ0v) is 8.13. The lowest BCUT2D eigenvalue weighted by Crippen LogP contribution is -2.38. The molecule has 0 bridgehead atoms. The Labute approximate surface area is 74.4 Å². The van der Waals surface area contributed by atoms with Gasteiger partial charge >= 0.3 is 0 Å². The monoisotopic (exact) mass is 170 g/mol. The maximum absolute atomic E-state index is 11.3. The zero-order chi connectivity index (χ0) is 9.56. The van der Waals surface area contributed by atoms with Crippen LogP contribution in [0.5, 0.6) is 0 Å². The van der Waals surface area contributed by atoms with E-state index in [0.29, 0.717) is 19.1 Å². The zero-order valence-electron chi connectivity index (χ0n) is 8.13. The van der Waals surface area contributed by atoms with Crippen molar-refractivity contribution in [3.63, 3.8) is 0 Å². The molecule has 0 aromatic carbocycles. The molecular formula is C9H18N2O. The van der Waals surface area contributed by atoms with Crippen LogP contribution in [0.1, 0.15) is 13.8 Å². The van der Waals surface area contributed by atoms with E-state index in [4.69, 9.17) is 0 Å². The Morgan fingerprint density at radius 1 is 1.67 bits per heavy atom. The Balaban J connectivity index is 3.63. The summed E-state index contributed by atoms with van der Waals surface area (Å²) in [7, 11) is 1.77. The van der Waals surface area contributed by atoms with Crippen molar-refractivity contribution in [3.05, 3.63) is 12.7 Å². The highest BCUT2D eigenvalue weighted by Crippen LogP contribution is 1.84. The molecule has 0 saturated heterocycles. The second-order valence-corrected chi connectivity index (χ2v) is 3.10. The third-order valence-electron chi connectivity index (χ3n) is 1.49. The molecule has 3 nitrogen and oxygen atoms in total. The van der Waals surface area contributed by atoms with Crippen LogP contribution in [0.4, 0.5) is 0 Å². The van der Waals surface area contributed by atoms with Gasteiger partial charge in [0.25, 0.3) is 0 Å². The number of nitrogens with one attached hydrogen (secondary N) is 1. The first-order valence-corrected chi connectivity index (χ1v) is 4.16. The summed E-state index contributed by atoms with van der Waals surface area (Å²) >= 11 is 0. The number of carbonyl (C=O) groups is 1. The maximum Gasteiger partial charge on any atom is 0.236 e. The quantitative estimate of drug-likeness (QED) is 0.614. The second-order valence-electron chi connectivity index (χ2n) is 3.10. The number of rotatable bonds is 5. The molecule has 1 amide bonds. The van der Waals surface area contributed by atoms with E-state index in [1.807, 2.05) is 13.8 Å². The first-order chi connectivity index (χ1) is 5.57. The van der Waals surface area contributed by atoms with Crippen LogP contribution in [0, 0.1) is 0 Å². The summed E-state index contributed by atoms with van der Waals surface area (Å²) < 4.78 is 0. The van der Waals surface area contributed by atoms with Crippen LogP contribution < -0.4 is 5.32 Å². The van der Waals surface area contributed by atoms with Gasteiger partial charge in [-0.15, -0.1) is 6.58 Å². The molecule has 0 spiro atoms. The third kappa shape index (κ3) is 4.91. The maximum atomic E-state index is 11.3. The summed E-state index contributed by atoms with van der Waals surface area (Å²) in [5.41, 5.74) is 0. The van der Waals surface area contributed by atoms with Gasteiger partial charge in [-0.2, -0.15) is 0 Å². The van der Waals surface area contributed by atoms with Gasteiger partial charge in [-0.05, 0) is 0 Å². The van der Waals surface area contributed by atoms with Crippen molar-refractivity contribution in [2.75, 3.05) is 20.1 Å². The van der Waals surface area contributed by atoms with Crippen molar-refractivity contribution >= 4 is 5.91 Å². The number of hydrogen-bond donors (Lipinski definition) is 1. The summed E-state index contributed by atoms with van der Waals surface area (Å²) in [5, 5.41) is 3.06. The van der Waals surface area contributed by atoms with Crippen LogP contribution >= 0.6 is 0 Å². The lowest BCUT2D eigenvalue weighted by molar-refractivity contribution is -0.128. The normalized spacial score (nSPS) is 10.0. The molecule has 0 aliphatic heterocycles. The summed E-state index contributed by atoms with van der Waals surface area (Å²) in [6, 6.07) is 0.353. The highest BCUT2D eigenvalue weighted by atomic mass is 16.2. The van der Waals surface area contributed by atoms with E-state index in [9.17, 15) is 4.79 Å². The molecule has 0 aliphatic rings. The molecule has 0 aromatic rings. The Morgan fingerprint density at radius 3 is 2.67 bits per heavy atom. The third-order valence-corrected chi connectivity index (χ3v) is 1.49. The molecule has 0 unspecified atom stereocenters. The molecular weight excluding hydrogens is 152 g/mol. The Hall–Kier alpha value is -0.830. The van der Waals surface area contributed by atoms with Crippen molar-refractivity contribution in [1.82, 2.24) is 10.2 Å². The minimum atomic E-state index is 0.101. The van der Waals surface area contributed by atoms with E-state index >= 15 is 0 Å². The molecule has 0 radical (unpaired) electrons. The molecule has 0 heterocycles. The summed E-state index contributed by atoms with van der Waals surface area (Å²) in [6.07, 6.45) is 1.72. The van der Waals surface area contributed by atoms with Crippen molar-refractivity contribution in [2.24, 2.45) is 0 Å². The lowest BCUT2D eigenvalue weighted by Gasteiger charge is -2.16. The minimum Gasteiger partial charge on any atom is -0.341 e. The van der Waals surface area contributed by atoms with E-state index < -0.39 is 0 Å². The first kappa shape index (κ1) is 11.2. The van der Waals surface area contributed by atoms with E-state index in [1.54, 1.807) is 18.0 Å². The first-order valence-electron chi connectivity index (χ1n) is 4.16. The number of carbonyl (C=O) groups excluding carboxylic acids is 1. The summed E-state index contributed by atoms with van der Waals surface area (Å²) in [4.78, 5) is 12.9. The molecule has 12 heavy (non-hydrogen) atoms. The van der Waals surface area contributed by atoms with Crippen LogP contribution in [0.3, 0.4) is 0 Å². The van der Waals surface area contributed by atoms with E-state index in [2.05, 4.69) is 11.9 Å². The van der Waals surface area contributed by atoms with Gasteiger partial charge in [-0.25, -0.2) is 0 Å². The molecule has 0 aromatic heterocycles. The summed E-state index contributed by atoms with van der Waals surface area (Å²) in [5.74, 6) is 0.101. The molecule has 0 fully saturated rings. The average molecular weight is 170 g/mol. The number of amides is 1. The minimum absolute atomic E-state index is 0.101. The van der Waals surface area contributed by atoms with Gasteiger partial charge < -0.3 is 10.2 Å². The summed E-state index contributed by atoms with van der Waals surface area (Å²) in [6.45, 7) is 8.61. The Bertz CT molecular complexity index is 155. The number of nitrogens with zero attached hydrogens (tertiary/aromatic N) is 1. The van der Waals surface area contributed by atoms with Crippen LogP contribution in [0.25, 0.3) is 0 Å². The predicted molar refractivity (Wildman–Crippen MR) is 51.0 cm³/mol. The van der Waals surface area contributed by atoms with Gasteiger partial charge in [0.05, 0.1) is 6.54 Å². The Morgan fingerprint density at radius 2 is 2.25 bits per heavy atom. The van der Waals surface area contributed by atoms with Crippen LogP contribution in [0.2, 0.25) is 0 Å². The number of likely N-dealkylation sites (N-methyl/N-ethyl adjacent to an activating group) is 1. The van der Waals surface area contributed by atoms with Crippen molar-refractivity contribution in [3.8, 4) is 0 Å². The van der Waals surface area contributed by atoms with Crippen molar-refractivity contribution < 1.29 is 4.79 Å². The van der Waals surface area contributed by atoms with Gasteiger partial charge in [-0.1, -0.05) is 19.9 Å².